The maximum absolute atomic E-state index is 10.9. The van der Waals surface area contributed by atoms with Crippen molar-refractivity contribution in [3.63, 3.8) is 0 Å². The Bertz CT molecular complexity index is 631. The predicted octanol–water partition coefficient (Wildman–Crippen LogP) is 2.82. The van der Waals surface area contributed by atoms with Crippen molar-refractivity contribution >= 4 is 18.0 Å². The molecule has 0 saturated heterocycles. The Morgan fingerprint density at radius 2 is 2.21 bits per heavy atom. The number of aryl methyl sites for hydroxylation is 1. The summed E-state index contributed by atoms with van der Waals surface area (Å²) in [6.07, 6.45) is 0.528. The Balaban J connectivity index is 1.92. The molecule has 0 N–H and O–H groups in total. The third kappa shape index (κ3) is 2.46. The summed E-state index contributed by atoms with van der Waals surface area (Å²) >= 11 is 1.72. The van der Waals surface area contributed by atoms with Gasteiger partial charge in [-0.1, -0.05) is 12.1 Å². The van der Waals surface area contributed by atoms with Gasteiger partial charge in [-0.2, -0.15) is 0 Å². The van der Waals surface area contributed by atoms with E-state index in [9.17, 15) is 4.79 Å². The van der Waals surface area contributed by atoms with Gasteiger partial charge in [0.15, 0.2) is 18.2 Å². The van der Waals surface area contributed by atoms with Crippen molar-refractivity contribution in [3.8, 4) is 5.75 Å². The summed E-state index contributed by atoms with van der Waals surface area (Å²) in [4.78, 5) is 20.6. The number of para-hydroxylation sites is 1. The molecule has 19 heavy (non-hydrogen) atoms. The average Bonchev–Trinajstić information content (AvgIpc) is 2.46. The Kier molecular flexibility index (Phi) is 3.21. The van der Waals surface area contributed by atoms with E-state index in [1.54, 1.807) is 17.8 Å². The van der Waals surface area contributed by atoms with Crippen LogP contribution >= 0.6 is 11.8 Å². The minimum absolute atomic E-state index is 0.210. The second kappa shape index (κ2) is 5.01. The van der Waals surface area contributed by atoms with Crippen molar-refractivity contribution in [2.75, 3.05) is 5.75 Å². The molecule has 5 heteroatoms. The molecule has 0 amide bonds. The highest BCUT2D eigenvalue weighted by Gasteiger charge is 2.24. The van der Waals surface area contributed by atoms with E-state index >= 15 is 0 Å². The lowest BCUT2D eigenvalue weighted by Gasteiger charge is -2.24. The van der Waals surface area contributed by atoms with Crippen LogP contribution in [0.2, 0.25) is 0 Å². The van der Waals surface area contributed by atoms with Crippen LogP contribution in [0, 0.1) is 6.92 Å². The van der Waals surface area contributed by atoms with Gasteiger partial charge in [-0.25, -0.2) is 9.97 Å². The lowest BCUT2D eigenvalue weighted by molar-refractivity contribution is 0.111. The van der Waals surface area contributed by atoms with Crippen LogP contribution in [0.4, 0.5) is 0 Å². The fourth-order valence-electron chi connectivity index (χ4n) is 1.97. The highest BCUT2D eigenvalue weighted by molar-refractivity contribution is 7.99. The van der Waals surface area contributed by atoms with Gasteiger partial charge in [0.25, 0.3) is 0 Å². The third-order valence-electron chi connectivity index (χ3n) is 2.81. The SMILES string of the molecule is Cc1cc(C=O)nc(C2CSc3ccccc3O2)n1. The van der Waals surface area contributed by atoms with Crippen molar-refractivity contribution in [3.05, 3.63) is 47.5 Å². The number of carbonyl (C=O) groups excluding carboxylic acids is 1. The van der Waals surface area contributed by atoms with Crippen LogP contribution in [0.25, 0.3) is 0 Å². The van der Waals surface area contributed by atoms with Gasteiger partial charge in [-0.3, -0.25) is 4.79 Å². The summed E-state index contributed by atoms with van der Waals surface area (Å²) in [7, 11) is 0. The van der Waals surface area contributed by atoms with Gasteiger partial charge >= 0.3 is 0 Å². The van der Waals surface area contributed by atoms with Gasteiger partial charge in [0.05, 0.1) is 0 Å². The zero-order valence-corrected chi connectivity index (χ0v) is 11.2. The van der Waals surface area contributed by atoms with Gasteiger partial charge in [-0.15, -0.1) is 11.8 Å². The molecule has 1 atom stereocenters. The molecular weight excluding hydrogens is 260 g/mol. The van der Waals surface area contributed by atoms with Crippen molar-refractivity contribution < 1.29 is 9.53 Å². The van der Waals surface area contributed by atoms with Crippen LogP contribution in [0.3, 0.4) is 0 Å². The molecule has 0 spiro atoms. The Labute approximate surface area is 115 Å². The van der Waals surface area contributed by atoms with E-state index in [1.807, 2.05) is 31.2 Å². The first-order valence-corrected chi connectivity index (χ1v) is 6.94. The molecule has 2 heterocycles. The number of ether oxygens (including phenoxy) is 1. The molecule has 0 fully saturated rings. The summed E-state index contributed by atoms with van der Waals surface area (Å²) in [5, 5.41) is 0. The molecule has 4 nitrogen and oxygen atoms in total. The van der Waals surface area contributed by atoms with Crippen molar-refractivity contribution in [2.45, 2.75) is 17.9 Å². The first kappa shape index (κ1) is 12.2. The highest BCUT2D eigenvalue weighted by atomic mass is 32.2. The number of hydrogen-bond acceptors (Lipinski definition) is 5. The topological polar surface area (TPSA) is 52.1 Å². The van der Waals surface area contributed by atoms with Gasteiger partial charge < -0.3 is 4.74 Å². The van der Waals surface area contributed by atoms with Gasteiger partial charge in [0.1, 0.15) is 11.4 Å². The lowest BCUT2D eigenvalue weighted by atomic mass is 10.3. The molecule has 1 aliphatic rings. The van der Waals surface area contributed by atoms with Crippen LogP contribution in [0.5, 0.6) is 5.75 Å². The largest absolute Gasteiger partial charge is 0.480 e. The molecule has 3 rings (SSSR count). The zero-order valence-electron chi connectivity index (χ0n) is 10.4. The standard InChI is InChI=1S/C14H12N2O2S/c1-9-6-10(7-17)16-14(15-9)12-8-19-13-5-3-2-4-11(13)18-12/h2-7,12H,8H2,1H3. The molecule has 1 unspecified atom stereocenters. The second-order valence-electron chi connectivity index (χ2n) is 4.27. The Morgan fingerprint density at radius 3 is 3.05 bits per heavy atom. The number of hydrogen-bond donors (Lipinski definition) is 0. The van der Waals surface area contributed by atoms with Crippen molar-refractivity contribution in [1.82, 2.24) is 9.97 Å². The van der Waals surface area contributed by atoms with Crippen molar-refractivity contribution in [1.29, 1.82) is 0 Å². The smallest absolute Gasteiger partial charge is 0.171 e. The van der Waals surface area contributed by atoms with E-state index in [4.69, 9.17) is 4.74 Å². The molecule has 0 radical (unpaired) electrons. The van der Waals surface area contributed by atoms with Gasteiger partial charge in [0.2, 0.25) is 0 Å². The Morgan fingerprint density at radius 1 is 1.37 bits per heavy atom. The van der Waals surface area contributed by atoms with E-state index in [0.29, 0.717) is 11.5 Å². The molecular formula is C14H12N2O2S. The van der Waals surface area contributed by atoms with E-state index < -0.39 is 0 Å². The Hall–Kier alpha value is -1.88. The summed E-state index contributed by atoms with van der Waals surface area (Å²) in [5.74, 6) is 2.17. The number of rotatable bonds is 2. The number of carbonyl (C=O) groups is 1. The molecule has 0 bridgehead atoms. The number of aromatic nitrogens is 2. The lowest BCUT2D eigenvalue weighted by Crippen LogP contribution is -2.18. The molecule has 96 valence electrons. The fourth-order valence-corrected chi connectivity index (χ4v) is 2.95. The summed E-state index contributed by atoms with van der Waals surface area (Å²) < 4.78 is 5.91. The molecule has 1 aliphatic heterocycles. The number of benzene rings is 1. The van der Waals surface area contributed by atoms with Crippen LogP contribution < -0.4 is 4.74 Å². The number of nitrogens with zero attached hydrogens (tertiary/aromatic N) is 2. The normalized spacial score (nSPS) is 17.4. The first-order valence-electron chi connectivity index (χ1n) is 5.95. The van der Waals surface area contributed by atoms with E-state index in [2.05, 4.69) is 9.97 Å². The average molecular weight is 272 g/mol. The minimum atomic E-state index is -0.210. The van der Waals surface area contributed by atoms with Crippen LogP contribution in [-0.2, 0) is 0 Å². The van der Waals surface area contributed by atoms with Crippen LogP contribution in [0.15, 0.2) is 35.2 Å². The maximum atomic E-state index is 10.9. The van der Waals surface area contributed by atoms with E-state index in [-0.39, 0.29) is 6.10 Å². The van der Waals surface area contributed by atoms with Gasteiger partial charge in [0, 0.05) is 16.3 Å². The number of fused-ring (bicyclic) bond motifs is 1. The maximum Gasteiger partial charge on any atom is 0.171 e. The predicted molar refractivity (Wildman–Crippen MR) is 72.7 cm³/mol. The molecule has 0 aliphatic carbocycles. The third-order valence-corrected chi connectivity index (χ3v) is 3.93. The molecule has 2 aromatic rings. The monoisotopic (exact) mass is 272 g/mol. The summed E-state index contributed by atoms with van der Waals surface area (Å²) in [6, 6.07) is 9.56. The number of aldehydes is 1. The van der Waals surface area contributed by atoms with E-state index in [0.717, 1.165) is 28.4 Å². The van der Waals surface area contributed by atoms with Gasteiger partial charge in [-0.05, 0) is 25.1 Å². The minimum Gasteiger partial charge on any atom is -0.480 e. The quantitative estimate of drug-likeness (QED) is 0.787. The molecule has 1 aromatic heterocycles. The highest BCUT2D eigenvalue weighted by Crippen LogP contribution is 2.39. The van der Waals surface area contributed by atoms with Crippen LogP contribution in [-0.4, -0.2) is 22.0 Å². The number of thioether (sulfide) groups is 1. The van der Waals surface area contributed by atoms with E-state index in [1.165, 1.54) is 0 Å². The fraction of sp³-hybridized carbons (Fsp3) is 0.214. The van der Waals surface area contributed by atoms with Crippen LogP contribution in [0.1, 0.15) is 28.1 Å². The molecule has 1 aromatic carbocycles. The molecule has 0 saturated carbocycles. The second-order valence-corrected chi connectivity index (χ2v) is 5.34. The summed E-state index contributed by atoms with van der Waals surface area (Å²) in [6.45, 7) is 1.85. The zero-order chi connectivity index (χ0) is 13.2. The van der Waals surface area contributed by atoms with Crippen molar-refractivity contribution in [2.24, 2.45) is 0 Å². The summed E-state index contributed by atoms with van der Waals surface area (Å²) in [5.41, 5.74) is 1.18. The first-order chi connectivity index (χ1) is 9.26.